The highest BCUT2D eigenvalue weighted by molar-refractivity contribution is 7.99. The van der Waals surface area contributed by atoms with Crippen LogP contribution in [0, 0.1) is 0 Å². The summed E-state index contributed by atoms with van der Waals surface area (Å²) in [6, 6.07) is 28.8. The Kier molecular flexibility index (Phi) is 5.92. The van der Waals surface area contributed by atoms with Crippen molar-refractivity contribution < 1.29 is 4.79 Å². The summed E-state index contributed by atoms with van der Waals surface area (Å²) in [6.07, 6.45) is 1.76. The first-order chi connectivity index (χ1) is 14.2. The number of thioether (sulfide) groups is 1. The molecule has 0 aliphatic heterocycles. The number of benzene rings is 4. The highest BCUT2D eigenvalue weighted by atomic mass is 32.2. The van der Waals surface area contributed by atoms with Gasteiger partial charge in [0.2, 0.25) is 0 Å². The largest absolute Gasteiger partial charge is 0.272 e. The topological polar surface area (TPSA) is 41.5 Å². The number of rotatable bonds is 6. The second kappa shape index (κ2) is 8.93. The Morgan fingerprint density at radius 2 is 1.52 bits per heavy atom. The van der Waals surface area contributed by atoms with E-state index in [1.165, 1.54) is 5.56 Å². The van der Waals surface area contributed by atoms with Gasteiger partial charge in [0.15, 0.2) is 0 Å². The fourth-order valence-electron chi connectivity index (χ4n) is 3.31. The van der Waals surface area contributed by atoms with Gasteiger partial charge in [0, 0.05) is 11.3 Å². The van der Waals surface area contributed by atoms with Crippen LogP contribution in [-0.4, -0.2) is 17.4 Å². The SMILES string of the molecule is C[C@@H](SCc1ccccc1)C(=O)NN=Cc1c2ccccc2cc2ccccc12. The zero-order valence-corrected chi connectivity index (χ0v) is 17.0. The lowest BCUT2D eigenvalue weighted by Crippen LogP contribution is -2.27. The van der Waals surface area contributed by atoms with E-state index >= 15 is 0 Å². The Morgan fingerprint density at radius 1 is 0.931 bits per heavy atom. The summed E-state index contributed by atoms with van der Waals surface area (Å²) in [5.41, 5.74) is 4.93. The first kappa shape index (κ1) is 19.2. The Labute approximate surface area is 174 Å². The molecule has 1 atom stereocenters. The molecule has 0 aromatic heterocycles. The zero-order valence-electron chi connectivity index (χ0n) is 16.2. The van der Waals surface area contributed by atoms with Gasteiger partial charge in [-0.2, -0.15) is 5.10 Å². The Bertz CT molecular complexity index is 1120. The lowest BCUT2D eigenvalue weighted by atomic mass is 9.97. The van der Waals surface area contributed by atoms with Crippen LogP contribution in [0.2, 0.25) is 0 Å². The molecule has 4 aromatic rings. The van der Waals surface area contributed by atoms with Crippen molar-refractivity contribution in [3.8, 4) is 0 Å². The highest BCUT2D eigenvalue weighted by Crippen LogP contribution is 2.27. The predicted molar refractivity (Wildman–Crippen MR) is 124 cm³/mol. The van der Waals surface area contributed by atoms with Crippen molar-refractivity contribution in [2.75, 3.05) is 0 Å². The number of fused-ring (bicyclic) bond motifs is 2. The number of hydrazone groups is 1. The monoisotopic (exact) mass is 398 g/mol. The summed E-state index contributed by atoms with van der Waals surface area (Å²) < 4.78 is 0. The number of carbonyl (C=O) groups excluding carboxylic acids is 1. The summed E-state index contributed by atoms with van der Waals surface area (Å²) >= 11 is 1.60. The molecular weight excluding hydrogens is 376 g/mol. The fourth-order valence-corrected chi connectivity index (χ4v) is 4.15. The van der Waals surface area contributed by atoms with Gasteiger partial charge in [-0.3, -0.25) is 4.79 Å². The highest BCUT2D eigenvalue weighted by Gasteiger charge is 2.13. The summed E-state index contributed by atoms with van der Waals surface area (Å²) in [4.78, 5) is 12.4. The van der Waals surface area contributed by atoms with E-state index in [2.05, 4.69) is 53.0 Å². The van der Waals surface area contributed by atoms with E-state index in [9.17, 15) is 4.79 Å². The van der Waals surface area contributed by atoms with Crippen molar-refractivity contribution >= 4 is 45.4 Å². The number of carbonyl (C=O) groups is 1. The minimum atomic E-state index is -0.184. The van der Waals surface area contributed by atoms with Crippen molar-refractivity contribution in [3.05, 3.63) is 96.1 Å². The van der Waals surface area contributed by atoms with Gasteiger partial charge >= 0.3 is 0 Å². The Hall–Kier alpha value is -3.11. The van der Waals surface area contributed by atoms with Gasteiger partial charge in [-0.1, -0.05) is 78.9 Å². The van der Waals surface area contributed by atoms with Crippen LogP contribution in [0.1, 0.15) is 18.1 Å². The van der Waals surface area contributed by atoms with Gasteiger partial charge in [-0.15, -0.1) is 11.8 Å². The van der Waals surface area contributed by atoms with Crippen LogP contribution >= 0.6 is 11.8 Å². The third kappa shape index (κ3) is 4.49. The first-order valence-electron chi connectivity index (χ1n) is 9.61. The predicted octanol–water partition coefficient (Wildman–Crippen LogP) is 5.77. The van der Waals surface area contributed by atoms with E-state index in [1.54, 1.807) is 18.0 Å². The average molecular weight is 399 g/mol. The van der Waals surface area contributed by atoms with Gasteiger partial charge in [-0.05, 0) is 40.1 Å². The molecule has 0 heterocycles. The summed E-state index contributed by atoms with van der Waals surface area (Å²) in [5, 5.41) is 8.65. The van der Waals surface area contributed by atoms with E-state index < -0.39 is 0 Å². The second-order valence-electron chi connectivity index (χ2n) is 6.91. The first-order valence-corrected chi connectivity index (χ1v) is 10.7. The summed E-state index contributed by atoms with van der Waals surface area (Å²) in [7, 11) is 0. The summed E-state index contributed by atoms with van der Waals surface area (Å²) in [5.74, 6) is 0.708. The van der Waals surface area contributed by atoms with E-state index in [0.29, 0.717) is 0 Å². The van der Waals surface area contributed by atoms with E-state index in [1.807, 2.05) is 49.4 Å². The molecule has 0 radical (unpaired) electrons. The molecular formula is C25H22N2OS. The standard InChI is InChI=1S/C25H22N2OS/c1-18(29-17-19-9-3-2-4-10-19)25(28)27-26-16-24-22-13-7-5-11-20(22)15-21-12-6-8-14-23(21)24/h2-16,18H,17H2,1H3,(H,27,28)/t18-/m1/s1. The molecule has 0 aliphatic carbocycles. The molecule has 0 saturated carbocycles. The van der Waals surface area contributed by atoms with Crippen LogP contribution in [0.15, 0.2) is 90.0 Å². The molecule has 4 rings (SSSR count). The van der Waals surface area contributed by atoms with Crippen molar-refractivity contribution in [1.82, 2.24) is 5.43 Å². The molecule has 0 aliphatic rings. The van der Waals surface area contributed by atoms with Crippen molar-refractivity contribution in [3.63, 3.8) is 0 Å². The molecule has 1 N–H and O–H groups in total. The third-order valence-electron chi connectivity index (χ3n) is 4.89. The zero-order chi connectivity index (χ0) is 20.1. The lowest BCUT2D eigenvalue weighted by Gasteiger charge is -2.10. The van der Waals surface area contributed by atoms with Gasteiger partial charge in [-0.25, -0.2) is 5.43 Å². The Morgan fingerprint density at radius 3 is 2.17 bits per heavy atom. The number of nitrogens with one attached hydrogen (secondary N) is 1. The van der Waals surface area contributed by atoms with Crippen LogP contribution in [0.5, 0.6) is 0 Å². The van der Waals surface area contributed by atoms with Crippen LogP contribution in [-0.2, 0) is 10.5 Å². The molecule has 0 spiro atoms. The molecule has 0 unspecified atom stereocenters. The van der Waals surface area contributed by atoms with Crippen molar-refractivity contribution in [2.45, 2.75) is 17.9 Å². The maximum Gasteiger partial charge on any atom is 0.252 e. The fraction of sp³-hybridized carbons (Fsp3) is 0.120. The molecule has 0 bridgehead atoms. The van der Waals surface area contributed by atoms with Gasteiger partial charge in [0.05, 0.1) is 11.5 Å². The van der Waals surface area contributed by atoms with E-state index in [4.69, 9.17) is 0 Å². The van der Waals surface area contributed by atoms with Crippen LogP contribution in [0.4, 0.5) is 0 Å². The minimum absolute atomic E-state index is 0.0910. The number of nitrogens with zero attached hydrogens (tertiary/aromatic N) is 1. The molecule has 144 valence electrons. The van der Waals surface area contributed by atoms with Gasteiger partial charge < -0.3 is 0 Å². The smallest absolute Gasteiger partial charge is 0.252 e. The van der Waals surface area contributed by atoms with Crippen LogP contribution in [0.25, 0.3) is 21.5 Å². The third-order valence-corrected chi connectivity index (χ3v) is 6.11. The number of hydrogen-bond acceptors (Lipinski definition) is 3. The Balaban J connectivity index is 1.50. The number of amides is 1. The maximum atomic E-state index is 12.4. The molecule has 0 fully saturated rings. The second-order valence-corrected chi connectivity index (χ2v) is 8.23. The molecule has 4 heteroatoms. The van der Waals surface area contributed by atoms with Crippen LogP contribution in [0.3, 0.4) is 0 Å². The molecule has 0 saturated heterocycles. The summed E-state index contributed by atoms with van der Waals surface area (Å²) in [6.45, 7) is 1.91. The van der Waals surface area contributed by atoms with Gasteiger partial charge in [0.1, 0.15) is 0 Å². The van der Waals surface area contributed by atoms with E-state index in [-0.39, 0.29) is 11.2 Å². The van der Waals surface area contributed by atoms with Crippen LogP contribution < -0.4 is 5.43 Å². The number of hydrogen-bond donors (Lipinski definition) is 1. The quantitative estimate of drug-likeness (QED) is 0.255. The average Bonchev–Trinajstić information content (AvgIpc) is 2.77. The van der Waals surface area contributed by atoms with Crippen molar-refractivity contribution in [1.29, 1.82) is 0 Å². The van der Waals surface area contributed by atoms with Crippen molar-refractivity contribution in [2.24, 2.45) is 5.10 Å². The minimum Gasteiger partial charge on any atom is -0.272 e. The lowest BCUT2D eigenvalue weighted by molar-refractivity contribution is -0.120. The van der Waals surface area contributed by atoms with Gasteiger partial charge in [0.25, 0.3) is 5.91 Å². The normalized spacial score (nSPS) is 12.4. The molecule has 4 aromatic carbocycles. The molecule has 3 nitrogen and oxygen atoms in total. The molecule has 29 heavy (non-hydrogen) atoms. The van der Waals surface area contributed by atoms with E-state index in [0.717, 1.165) is 32.9 Å². The maximum absolute atomic E-state index is 12.4. The molecule has 1 amide bonds.